The quantitative estimate of drug-likeness (QED) is 0.856. The maximum Gasteiger partial charge on any atom is 0.0600 e. The Hall–Kier alpha value is -0.380. The van der Waals surface area contributed by atoms with E-state index in [0.717, 1.165) is 19.5 Å². The van der Waals surface area contributed by atoms with Crippen molar-refractivity contribution in [1.29, 1.82) is 0 Å². The van der Waals surface area contributed by atoms with E-state index in [-0.39, 0.29) is 11.5 Å². The van der Waals surface area contributed by atoms with Crippen LogP contribution in [0.5, 0.6) is 0 Å². The summed E-state index contributed by atoms with van der Waals surface area (Å²) >= 11 is 1.73. The Balaban J connectivity index is 2.28. The molecule has 3 heteroatoms. The normalized spacial score (nSPS) is 14.4. The molecule has 1 atom stereocenters. The van der Waals surface area contributed by atoms with Gasteiger partial charge in [0.15, 0.2) is 0 Å². The molecule has 2 nitrogen and oxygen atoms in total. The topological polar surface area (TPSA) is 23.5 Å². The molecule has 0 bridgehead atoms. The molecule has 1 rings (SSSR count). The van der Waals surface area contributed by atoms with E-state index >= 15 is 0 Å². The summed E-state index contributed by atoms with van der Waals surface area (Å²) in [5, 5.41) is 14.2. The minimum Gasteiger partial charge on any atom is -0.393 e. The molecule has 0 saturated carbocycles. The minimum atomic E-state index is -0.225. The number of hydrogen-bond donors (Lipinski definition) is 1. The summed E-state index contributed by atoms with van der Waals surface area (Å²) in [6, 6.07) is 2.15. The van der Waals surface area contributed by atoms with Crippen molar-refractivity contribution in [2.45, 2.75) is 39.8 Å². The first kappa shape index (κ1) is 13.7. The van der Waals surface area contributed by atoms with Crippen LogP contribution < -0.4 is 0 Å². The maximum absolute atomic E-state index is 9.94. The van der Waals surface area contributed by atoms with Crippen molar-refractivity contribution in [3.63, 3.8) is 0 Å². The van der Waals surface area contributed by atoms with Crippen LogP contribution in [-0.4, -0.2) is 29.7 Å². The van der Waals surface area contributed by atoms with Gasteiger partial charge in [-0.2, -0.15) is 11.3 Å². The summed E-state index contributed by atoms with van der Waals surface area (Å²) in [5.41, 5.74) is 1.35. The van der Waals surface area contributed by atoms with Crippen molar-refractivity contribution in [3.05, 3.63) is 22.4 Å². The molecule has 1 unspecified atom stereocenters. The Bertz CT molecular complexity index is 289. The van der Waals surface area contributed by atoms with Crippen LogP contribution in [0.2, 0.25) is 0 Å². The van der Waals surface area contributed by atoms with Crippen LogP contribution in [0, 0.1) is 5.41 Å². The van der Waals surface area contributed by atoms with Crippen LogP contribution >= 0.6 is 11.3 Å². The van der Waals surface area contributed by atoms with Crippen LogP contribution in [0.1, 0.15) is 32.8 Å². The standard InChI is InChI=1S/C13H23NOS/c1-13(2,3)12(15)5-7-14(4)9-11-6-8-16-10-11/h6,8,10,12,15H,5,7,9H2,1-4H3. The molecule has 0 spiro atoms. The zero-order valence-electron chi connectivity index (χ0n) is 10.7. The zero-order chi connectivity index (χ0) is 12.2. The lowest BCUT2D eigenvalue weighted by Gasteiger charge is -2.27. The van der Waals surface area contributed by atoms with Crippen LogP contribution in [0.4, 0.5) is 0 Å². The average molecular weight is 241 g/mol. The van der Waals surface area contributed by atoms with E-state index in [1.165, 1.54) is 5.56 Å². The molecule has 0 amide bonds. The molecule has 0 aliphatic rings. The van der Waals surface area contributed by atoms with Gasteiger partial charge in [0.25, 0.3) is 0 Å². The molecule has 0 fully saturated rings. The van der Waals surface area contributed by atoms with Crippen molar-refractivity contribution in [3.8, 4) is 0 Å². The number of aliphatic hydroxyl groups excluding tert-OH is 1. The predicted molar refractivity (Wildman–Crippen MR) is 70.7 cm³/mol. The lowest BCUT2D eigenvalue weighted by molar-refractivity contribution is 0.0473. The van der Waals surface area contributed by atoms with Gasteiger partial charge in [-0.3, -0.25) is 0 Å². The predicted octanol–water partition coefficient (Wildman–Crippen LogP) is 2.98. The van der Waals surface area contributed by atoms with Gasteiger partial charge < -0.3 is 10.0 Å². The molecular weight excluding hydrogens is 218 g/mol. The first-order valence-corrected chi connectivity index (χ1v) is 6.71. The molecule has 1 heterocycles. The number of nitrogens with zero attached hydrogens (tertiary/aromatic N) is 1. The highest BCUT2D eigenvalue weighted by atomic mass is 32.1. The molecule has 0 aliphatic heterocycles. The largest absolute Gasteiger partial charge is 0.393 e. The molecule has 1 N–H and O–H groups in total. The van der Waals surface area contributed by atoms with Crippen molar-refractivity contribution in [2.24, 2.45) is 5.41 Å². The summed E-state index contributed by atoms with van der Waals surface area (Å²) in [5.74, 6) is 0. The van der Waals surface area contributed by atoms with E-state index in [0.29, 0.717) is 0 Å². The number of rotatable bonds is 5. The monoisotopic (exact) mass is 241 g/mol. The molecule has 0 radical (unpaired) electrons. The lowest BCUT2D eigenvalue weighted by Crippen LogP contribution is -2.30. The SMILES string of the molecule is CN(CCC(O)C(C)(C)C)Cc1ccsc1. The lowest BCUT2D eigenvalue weighted by atomic mass is 9.87. The number of hydrogen-bond acceptors (Lipinski definition) is 3. The van der Waals surface area contributed by atoms with Crippen molar-refractivity contribution in [2.75, 3.05) is 13.6 Å². The fourth-order valence-corrected chi connectivity index (χ4v) is 2.21. The van der Waals surface area contributed by atoms with E-state index < -0.39 is 0 Å². The van der Waals surface area contributed by atoms with E-state index in [2.05, 4.69) is 49.5 Å². The number of thiophene rings is 1. The van der Waals surface area contributed by atoms with Crippen LogP contribution in [0.3, 0.4) is 0 Å². The van der Waals surface area contributed by atoms with Gasteiger partial charge in [0.1, 0.15) is 0 Å². The van der Waals surface area contributed by atoms with Gasteiger partial charge in [0.05, 0.1) is 6.10 Å². The molecule has 92 valence electrons. The van der Waals surface area contributed by atoms with Gasteiger partial charge in [-0.1, -0.05) is 20.8 Å². The second kappa shape index (κ2) is 5.80. The minimum absolute atomic E-state index is 0.0107. The zero-order valence-corrected chi connectivity index (χ0v) is 11.5. The Morgan fingerprint density at radius 1 is 1.44 bits per heavy atom. The second-order valence-electron chi connectivity index (χ2n) is 5.54. The highest BCUT2D eigenvalue weighted by Gasteiger charge is 2.21. The van der Waals surface area contributed by atoms with Gasteiger partial charge >= 0.3 is 0 Å². The van der Waals surface area contributed by atoms with E-state index in [4.69, 9.17) is 0 Å². The summed E-state index contributed by atoms with van der Waals surface area (Å²) in [6.45, 7) is 8.15. The van der Waals surface area contributed by atoms with Crippen molar-refractivity contribution >= 4 is 11.3 Å². The first-order chi connectivity index (χ1) is 7.39. The molecule has 1 aromatic heterocycles. The third kappa shape index (κ3) is 4.64. The fourth-order valence-electron chi connectivity index (χ4n) is 1.55. The van der Waals surface area contributed by atoms with Gasteiger partial charge in [-0.05, 0) is 41.3 Å². The maximum atomic E-state index is 9.94. The van der Waals surface area contributed by atoms with Gasteiger partial charge in [0, 0.05) is 13.1 Å². The van der Waals surface area contributed by atoms with Crippen LogP contribution in [0.25, 0.3) is 0 Å². The number of aliphatic hydroxyl groups is 1. The third-order valence-electron chi connectivity index (χ3n) is 2.82. The van der Waals surface area contributed by atoms with E-state index in [1.807, 2.05) is 0 Å². The van der Waals surface area contributed by atoms with Gasteiger partial charge in [-0.25, -0.2) is 0 Å². The fraction of sp³-hybridized carbons (Fsp3) is 0.692. The van der Waals surface area contributed by atoms with E-state index in [9.17, 15) is 5.11 Å². The summed E-state index contributed by atoms with van der Waals surface area (Å²) in [7, 11) is 2.10. The highest BCUT2D eigenvalue weighted by Crippen LogP contribution is 2.21. The van der Waals surface area contributed by atoms with Crippen molar-refractivity contribution < 1.29 is 5.11 Å². The average Bonchev–Trinajstić information content (AvgIpc) is 2.65. The summed E-state index contributed by atoms with van der Waals surface area (Å²) in [4.78, 5) is 2.26. The first-order valence-electron chi connectivity index (χ1n) is 5.77. The van der Waals surface area contributed by atoms with Crippen LogP contribution in [0.15, 0.2) is 16.8 Å². The third-order valence-corrected chi connectivity index (χ3v) is 3.55. The molecular formula is C13H23NOS. The van der Waals surface area contributed by atoms with Gasteiger partial charge in [-0.15, -0.1) is 0 Å². The second-order valence-corrected chi connectivity index (χ2v) is 6.32. The summed E-state index contributed by atoms with van der Waals surface area (Å²) < 4.78 is 0. The molecule has 16 heavy (non-hydrogen) atoms. The smallest absolute Gasteiger partial charge is 0.0600 e. The Kier molecular flexibility index (Phi) is 4.96. The van der Waals surface area contributed by atoms with Gasteiger partial charge in [0.2, 0.25) is 0 Å². The summed E-state index contributed by atoms with van der Waals surface area (Å²) in [6.07, 6.45) is 0.613. The Morgan fingerprint density at radius 3 is 2.62 bits per heavy atom. The Labute approximate surface area is 103 Å². The van der Waals surface area contributed by atoms with E-state index in [1.54, 1.807) is 11.3 Å². The Morgan fingerprint density at radius 2 is 2.12 bits per heavy atom. The highest BCUT2D eigenvalue weighted by molar-refractivity contribution is 7.07. The van der Waals surface area contributed by atoms with Crippen molar-refractivity contribution in [1.82, 2.24) is 4.90 Å². The molecule has 1 aromatic rings. The van der Waals surface area contributed by atoms with Crippen LogP contribution in [-0.2, 0) is 6.54 Å². The molecule has 0 aromatic carbocycles. The molecule has 0 aliphatic carbocycles. The molecule has 0 saturated heterocycles.